The summed E-state index contributed by atoms with van der Waals surface area (Å²) in [5.41, 5.74) is 7.18. The predicted octanol–water partition coefficient (Wildman–Crippen LogP) is 2.92. The molecule has 0 spiro atoms. The molecular formula is C18H30N4. The van der Waals surface area contributed by atoms with Crippen LogP contribution >= 0.6 is 0 Å². The molecule has 4 heteroatoms. The molecule has 122 valence electrons. The number of hydrogen-bond acceptors (Lipinski definition) is 2. The molecule has 1 saturated heterocycles. The van der Waals surface area contributed by atoms with E-state index in [1.807, 2.05) is 18.2 Å². The van der Waals surface area contributed by atoms with E-state index >= 15 is 0 Å². The molecule has 3 N–H and O–H groups in total. The Labute approximate surface area is 134 Å². The number of rotatable bonds is 8. The molecule has 22 heavy (non-hydrogen) atoms. The number of nitrogens with two attached hydrogens (primary N) is 1. The highest BCUT2D eigenvalue weighted by Gasteiger charge is 2.09. The molecule has 0 radical (unpaired) electrons. The van der Waals surface area contributed by atoms with Crippen LogP contribution in [-0.4, -0.2) is 37.0 Å². The third kappa shape index (κ3) is 6.06. The topological polar surface area (TPSA) is 53.6 Å². The summed E-state index contributed by atoms with van der Waals surface area (Å²) in [7, 11) is 0. The van der Waals surface area contributed by atoms with Crippen molar-refractivity contribution in [3.8, 4) is 0 Å². The first-order valence-corrected chi connectivity index (χ1v) is 8.59. The monoisotopic (exact) mass is 302 g/mol. The summed E-state index contributed by atoms with van der Waals surface area (Å²) in [5, 5.41) is 3.25. The van der Waals surface area contributed by atoms with E-state index in [1.165, 1.54) is 50.9 Å². The minimum Gasteiger partial charge on any atom is -0.370 e. The Morgan fingerprint density at radius 1 is 1.18 bits per heavy atom. The molecule has 1 aliphatic heterocycles. The van der Waals surface area contributed by atoms with E-state index in [0.717, 1.165) is 13.0 Å². The van der Waals surface area contributed by atoms with Crippen molar-refractivity contribution < 1.29 is 0 Å². The molecule has 2 rings (SSSR count). The van der Waals surface area contributed by atoms with E-state index in [2.05, 4.69) is 34.3 Å². The van der Waals surface area contributed by atoms with Crippen molar-refractivity contribution in [2.75, 3.05) is 26.2 Å². The summed E-state index contributed by atoms with van der Waals surface area (Å²) in [6.07, 6.45) is 6.40. The summed E-state index contributed by atoms with van der Waals surface area (Å²) >= 11 is 0. The molecule has 0 bridgehead atoms. The van der Waals surface area contributed by atoms with Crippen molar-refractivity contribution in [2.45, 2.75) is 45.1 Å². The Morgan fingerprint density at radius 2 is 1.91 bits per heavy atom. The van der Waals surface area contributed by atoms with Crippen LogP contribution in [0.5, 0.6) is 0 Å². The number of nitrogens with zero attached hydrogens (tertiary/aromatic N) is 2. The second kappa shape index (κ2) is 9.46. The van der Waals surface area contributed by atoms with Crippen molar-refractivity contribution in [2.24, 2.45) is 10.7 Å². The largest absolute Gasteiger partial charge is 0.370 e. The Morgan fingerprint density at radius 3 is 2.64 bits per heavy atom. The predicted molar refractivity (Wildman–Crippen MR) is 94.0 cm³/mol. The van der Waals surface area contributed by atoms with Gasteiger partial charge in [-0.15, -0.1) is 0 Å². The highest BCUT2D eigenvalue weighted by Crippen LogP contribution is 2.11. The van der Waals surface area contributed by atoms with Gasteiger partial charge in [0.1, 0.15) is 0 Å². The van der Waals surface area contributed by atoms with Gasteiger partial charge < -0.3 is 16.0 Å². The van der Waals surface area contributed by atoms with E-state index in [9.17, 15) is 0 Å². The second-order valence-corrected chi connectivity index (χ2v) is 6.15. The highest BCUT2D eigenvalue weighted by atomic mass is 15.1. The van der Waals surface area contributed by atoms with Crippen LogP contribution in [0.4, 0.5) is 0 Å². The minimum absolute atomic E-state index is 0.195. The fourth-order valence-electron chi connectivity index (χ4n) is 2.92. The Kier molecular flexibility index (Phi) is 7.23. The lowest BCUT2D eigenvalue weighted by atomic mass is 10.1. The van der Waals surface area contributed by atoms with Gasteiger partial charge in [-0.3, -0.25) is 4.99 Å². The number of likely N-dealkylation sites (tertiary alicyclic amines) is 1. The molecule has 4 nitrogen and oxygen atoms in total. The maximum atomic E-state index is 5.96. The van der Waals surface area contributed by atoms with E-state index < -0.39 is 0 Å². The van der Waals surface area contributed by atoms with Crippen molar-refractivity contribution in [3.05, 3.63) is 35.9 Å². The van der Waals surface area contributed by atoms with Crippen molar-refractivity contribution in [1.82, 2.24) is 10.2 Å². The molecule has 1 aromatic carbocycles. The molecule has 1 unspecified atom stereocenters. The number of unbranched alkanes of at least 4 members (excludes halogenated alkanes) is 2. The Bertz CT molecular complexity index is 438. The first-order valence-electron chi connectivity index (χ1n) is 8.59. The van der Waals surface area contributed by atoms with E-state index in [0.29, 0.717) is 5.96 Å². The first-order chi connectivity index (χ1) is 10.8. The lowest BCUT2D eigenvalue weighted by molar-refractivity contribution is 0.329. The van der Waals surface area contributed by atoms with Crippen molar-refractivity contribution >= 4 is 5.96 Å². The molecule has 1 fully saturated rings. The van der Waals surface area contributed by atoms with Gasteiger partial charge >= 0.3 is 0 Å². The van der Waals surface area contributed by atoms with Crippen LogP contribution in [0, 0.1) is 0 Å². The number of guanidine groups is 1. The van der Waals surface area contributed by atoms with Crippen LogP contribution in [0.25, 0.3) is 0 Å². The average Bonchev–Trinajstić information content (AvgIpc) is 3.05. The quantitative estimate of drug-likeness (QED) is 0.441. The van der Waals surface area contributed by atoms with Crippen molar-refractivity contribution in [1.29, 1.82) is 0 Å². The van der Waals surface area contributed by atoms with Crippen molar-refractivity contribution in [3.63, 3.8) is 0 Å². The average molecular weight is 302 g/mol. The minimum atomic E-state index is 0.195. The van der Waals surface area contributed by atoms with Gasteiger partial charge in [-0.05, 0) is 57.8 Å². The summed E-state index contributed by atoms with van der Waals surface area (Å²) < 4.78 is 0. The number of nitrogens with one attached hydrogen (secondary N) is 1. The molecule has 0 saturated carbocycles. The van der Waals surface area contributed by atoms with Gasteiger partial charge in [0.05, 0.1) is 6.04 Å². The Balaban J connectivity index is 1.57. The van der Waals surface area contributed by atoms with Crippen LogP contribution < -0.4 is 11.1 Å². The second-order valence-electron chi connectivity index (χ2n) is 6.15. The molecule has 1 heterocycles. The van der Waals surface area contributed by atoms with Crippen LogP contribution in [0.3, 0.4) is 0 Å². The van der Waals surface area contributed by atoms with Crippen LogP contribution in [-0.2, 0) is 0 Å². The van der Waals surface area contributed by atoms with E-state index in [-0.39, 0.29) is 6.04 Å². The third-order valence-corrected chi connectivity index (χ3v) is 4.28. The summed E-state index contributed by atoms with van der Waals surface area (Å²) in [6, 6.07) is 10.5. The zero-order valence-corrected chi connectivity index (χ0v) is 13.8. The maximum Gasteiger partial charge on any atom is 0.189 e. The molecular weight excluding hydrogens is 272 g/mol. The zero-order valence-electron chi connectivity index (χ0n) is 13.8. The van der Waals surface area contributed by atoms with Gasteiger partial charge in [-0.25, -0.2) is 0 Å². The van der Waals surface area contributed by atoms with Gasteiger partial charge in [0, 0.05) is 6.54 Å². The zero-order chi connectivity index (χ0) is 15.6. The Hall–Kier alpha value is -1.55. The summed E-state index contributed by atoms with van der Waals surface area (Å²) in [6.45, 7) is 6.77. The van der Waals surface area contributed by atoms with Crippen LogP contribution in [0.15, 0.2) is 35.3 Å². The molecule has 1 aliphatic rings. The summed E-state index contributed by atoms with van der Waals surface area (Å²) in [5.74, 6) is 0.552. The van der Waals surface area contributed by atoms with E-state index in [4.69, 9.17) is 5.73 Å². The SMILES string of the molecule is CC(NC(N)=NCCCCCN1CCCC1)c1ccccc1. The number of hydrogen-bond donors (Lipinski definition) is 2. The lowest BCUT2D eigenvalue weighted by Gasteiger charge is -2.15. The van der Waals surface area contributed by atoms with Gasteiger partial charge in [0.2, 0.25) is 0 Å². The standard InChI is InChI=1S/C18H30N4/c1-16(17-10-4-2-5-11-17)21-18(19)20-12-6-3-7-13-22-14-8-9-15-22/h2,4-5,10-11,16H,3,6-9,12-15H2,1H3,(H3,19,20,21). The normalized spacial score (nSPS) is 17.6. The fourth-order valence-corrected chi connectivity index (χ4v) is 2.92. The fraction of sp³-hybridized carbons (Fsp3) is 0.611. The molecule has 0 amide bonds. The smallest absolute Gasteiger partial charge is 0.189 e. The third-order valence-electron chi connectivity index (χ3n) is 4.28. The number of aliphatic imine (C=N–C) groups is 1. The molecule has 0 aromatic heterocycles. The highest BCUT2D eigenvalue weighted by molar-refractivity contribution is 5.78. The van der Waals surface area contributed by atoms with Gasteiger partial charge in [-0.2, -0.15) is 0 Å². The van der Waals surface area contributed by atoms with Gasteiger partial charge in [-0.1, -0.05) is 36.8 Å². The van der Waals surface area contributed by atoms with Gasteiger partial charge in [0.25, 0.3) is 0 Å². The van der Waals surface area contributed by atoms with Gasteiger partial charge in [0.15, 0.2) is 5.96 Å². The maximum absolute atomic E-state index is 5.96. The van der Waals surface area contributed by atoms with Crippen LogP contribution in [0.1, 0.15) is 50.6 Å². The number of benzene rings is 1. The summed E-state index contributed by atoms with van der Waals surface area (Å²) in [4.78, 5) is 7.00. The molecule has 0 aliphatic carbocycles. The molecule has 1 aromatic rings. The molecule has 1 atom stereocenters. The van der Waals surface area contributed by atoms with Crippen LogP contribution in [0.2, 0.25) is 0 Å². The first kappa shape index (κ1) is 16.8. The van der Waals surface area contributed by atoms with E-state index in [1.54, 1.807) is 0 Å². The lowest BCUT2D eigenvalue weighted by Crippen LogP contribution is -2.34.